The molecule has 0 radical (unpaired) electrons. The van der Waals surface area contributed by atoms with Crippen LogP contribution < -0.4 is 0 Å². The average molecular weight is 746 g/mol. The molecule has 13 rings (SSSR count). The molecule has 0 N–H and O–H groups in total. The second-order valence-electron chi connectivity index (χ2n) is 14.6. The first-order valence-corrected chi connectivity index (χ1v) is 19.0. The van der Waals surface area contributed by atoms with Gasteiger partial charge in [0.15, 0.2) is 5.58 Å². The molecule has 0 aliphatic heterocycles. The molecule has 9 aromatic heterocycles. The Balaban J connectivity index is 1.00. The van der Waals surface area contributed by atoms with Gasteiger partial charge in [0.25, 0.3) is 0 Å². The van der Waals surface area contributed by atoms with Crippen molar-refractivity contribution >= 4 is 87.9 Å². The minimum Gasteiger partial charge on any atom is -0.455 e. The first-order valence-electron chi connectivity index (χ1n) is 19.0. The highest BCUT2D eigenvalue weighted by molar-refractivity contribution is 6.13. The summed E-state index contributed by atoms with van der Waals surface area (Å²) in [4.78, 5) is 23.1. The largest absolute Gasteiger partial charge is 0.455 e. The van der Waals surface area contributed by atoms with E-state index in [1.54, 1.807) is 0 Å². The van der Waals surface area contributed by atoms with Gasteiger partial charge in [0.05, 0.1) is 28.3 Å². The lowest BCUT2D eigenvalue weighted by Crippen LogP contribution is -1.95. The first-order chi connectivity index (χ1) is 28.8. The van der Waals surface area contributed by atoms with Gasteiger partial charge in [-0.1, -0.05) is 36.4 Å². The number of para-hydroxylation sites is 1. The maximum absolute atomic E-state index is 6.72. The zero-order valence-corrected chi connectivity index (χ0v) is 30.5. The summed E-state index contributed by atoms with van der Waals surface area (Å²) in [5, 5.41) is 5.17. The lowest BCUT2D eigenvalue weighted by molar-refractivity contribution is 0.669. The molecule has 0 saturated heterocycles. The summed E-state index contributed by atoms with van der Waals surface area (Å²) >= 11 is 0. The predicted molar refractivity (Wildman–Crippen MR) is 230 cm³/mol. The number of fused-ring (bicyclic) bond motifs is 12. The van der Waals surface area contributed by atoms with Crippen molar-refractivity contribution in [2.45, 2.75) is 0 Å². The Hall–Kier alpha value is -8.17. The van der Waals surface area contributed by atoms with Crippen molar-refractivity contribution in [2.75, 3.05) is 0 Å². The van der Waals surface area contributed by atoms with E-state index in [9.17, 15) is 0 Å². The summed E-state index contributed by atoms with van der Waals surface area (Å²) in [6.07, 6.45) is 13.0. The third-order valence-corrected chi connectivity index (χ3v) is 11.4. The normalized spacial score (nSPS) is 12.1. The van der Waals surface area contributed by atoms with Crippen molar-refractivity contribution in [1.29, 1.82) is 0 Å². The molecule has 270 valence electrons. The minimum atomic E-state index is 0.736. The molecule has 9 heteroatoms. The van der Waals surface area contributed by atoms with Gasteiger partial charge in [-0.25, -0.2) is 0 Å². The summed E-state index contributed by atoms with van der Waals surface area (Å²) in [6.45, 7) is 0. The molecule has 9 nitrogen and oxygen atoms in total. The maximum Gasteiger partial charge on any atom is 0.153 e. The average Bonchev–Trinajstić information content (AvgIpc) is 4.04. The number of pyridine rings is 5. The van der Waals surface area contributed by atoms with Gasteiger partial charge in [0, 0.05) is 86.6 Å². The summed E-state index contributed by atoms with van der Waals surface area (Å²) in [6, 6.07) is 41.8. The van der Waals surface area contributed by atoms with Crippen LogP contribution in [0.25, 0.3) is 122 Å². The number of nitrogens with zero attached hydrogens (tertiary/aromatic N) is 7. The highest BCUT2D eigenvalue weighted by Crippen LogP contribution is 2.42. The lowest BCUT2D eigenvalue weighted by atomic mass is 9.96. The van der Waals surface area contributed by atoms with Gasteiger partial charge in [-0.05, 0) is 96.1 Å². The molecular weight excluding hydrogens is 719 g/mol. The van der Waals surface area contributed by atoms with Crippen molar-refractivity contribution in [3.05, 3.63) is 165 Å². The standard InChI is InChI=1S/C49H27N7O2/c1-6-28(32-8-2-9-34-36-23-30(13-14-43(36)57-48(32)34)55-40-10-3-17-53-46(40)47-41(55)11-4-18-54-47)22-29(7-1)35-24-31(25-37-45-44(58-49(35)37)12-5-19-52-45)56-39-16-21-50-26-38(39)33-15-20-51-27-42(33)56/h1-27H. The number of hydrogen-bond donors (Lipinski definition) is 0. The quantitative estimate of drug-likeness (QED) is 0.177. The van der Waals surface area contributed by atoms with Gasteiger partial charge in [-0.2, -0.15) is 0 Å². The molecule has 13 aromatic rings. The SMILES string of the molecule is c1cc(-c2cccc3c2oc2ccc(-n4c5cccnc5c5ncccc54)cc23)cc(-c2cc(-n3c4ccncc4c4ccncc43)cc3c2oc2cccnc23)c1. The van der Waals surface area contributed by atoms with Crippen molar-refractivity contribution < 1.29 is 8.83 Å². The summed E-state index contributed by atoms with van der Waals surface area (Å²) < 4.78 is 17.8. The second-order valence-corrected chi connectivity index (χ2v) is 14.6. The summed E-state index contributed by atoms with van der Waals surface area (Å²) in [7, 11) is 0. The number of hydrogen-bond acceptors (Lipinski definition) is 7. The van der Waals surface area contributed by atoms with Gasteiger partial charge in [-0.3, -0.25) is 24.9 Å². The van der Waals surface area contributed by atoms with Gasteiger partial charge >= 0.3 is 0 Å². The fourth-order valence-electron chi connectivity index (χ4n) is 8.95. The van der Waals surface area contributed by atoms with Crippen LogP contribution in [0.15, 0.2) is 174 Å². The van der Waals surface area contributed by atoms with Crippen LogP contribution in [0.4, 0.5) is 0 Å². The fraction of sp³-hybridized carbons (Fsp3) is 0. The number of aromatic nitrogens is 7. The summed E-state index contributed by atoms with van der Waals surface area (Å²) in [5.74, 6) is 0. The minimum absolute atomic E-state index is 0.736. The topological polar surface area (TPSA) is 101 Å². The van der Waals surface area contributed by atoms with Crippen molar-refractivity contribution in [3.63, 3.8) is 0 Å². The smallest absolute Gasteiger partial charge is 0.153 e. The Morgan fingerprint density at radius 1 is 0.379 bits per heavy atom. The molecule has 4 aromatic carbocycles. The van der Waals surface area contributed by atoms with Crippen molar-refractivity contribution in [2.24, 2.45) is 0 Å². The molecule has 0 bridgehead atoms. The Morgan fingerprint density at radius 3 is 1.93 bits per heavy atom. The van der Waals surface area contributed by atoms with Crippen LogP contribution in [0.3, 0.4) is 0 Å². The highest BCUT2D eigenvalue weighted by atomic mass is 16.3. The van der Waals surface area contributed by atoms with E-state index in [4.69, 9.17) is 13.8 Å². The third-order valence-electron chi connectivity index (χ3n) is 11.4. The van der Waals surface area contributed by atoms with Crippen LogP contribution in [0.1, 0.15) is 0 Å². The van der Waals surface area contributed by atoms with Crippen molar-refractivity contribution in [3.8, 4) is 33.6 Å². The fourth-order valence-corrected chi connectivity index (χ4v) is 8.95. The maximum atomic E-state index is 6.72. The molecule has 0 atom stereocenters. The number of rotatable bonds is 4. The van der Waals surface area contributed by atoms with E-state index in [1.807, 2.05) is 73.7 Å². The van der Waals surface area contributed by atoms with Crippen molar-refractivity contribution in [1.82, 2.24) is 34.1 Å². The molecule has 9 heterocycles. The molecule has 0 spiro atoms. The Bertz CT molecular complexity index is 3730. The van der Waals surface area contributed by atoms with E-state index in [0.29, 0.717) is 0 Å². The monoisotopic (exact) mass is 745 g/mol. The lowest BCUT2D eigenvalue weighted by Gasteiger charge is -2.12. The Kier molecular flexibility index (Phi) is 6.25. The van der Waals surface area contributed by atoms with E-state index >= 15 is 0 Å². The predicted octanol–water partition coefficient (Wildman–Crippen LogP) is 12.0. The van der Waals surface area contributed by atoms with Gasteiger partial charge in [0.2, 0.25) is 0 Å². The van der Waals surface area contributed by atoms with Gasteiger partial charge in [-0.15, -0.1) is 0 Å². The van der Waals surface area contributed by atoms with Gasteiger partial charge in [0.1, 0.15) is 33.3 Å². The van der Waals surface area contributed by atoms with Crippen LogP contribution in [-0.2, 0) is 0 Å². The molecule has 0 amide bonds. The van der Waals surface area contributed by atoms with Crippen LogP contribution >= 0.6 is 0 Å². The van der Waals surface area contributed by atoms with E-state index in [0.717, 1.165) is 122 Å². The summed E-state index contributed by atoms with van der Waals surface area (Å²) in [5.41, 5.74) is 15.8. The van der Waals surface area contributed by atoms with Crippen LogP contribution in [-0.4, -0.2) is 34.1 Å². The highest BCUT2D eigenvalue weighted by Gasteiger charge is 2.21. The van der Waals surface area contributed by atoms with Crippen LogP contribution in [0.2, 0.25) is 0 Å². The Labute approximate surface area is 328 Å². The van der Waals surface area contributed by atoms with E-state index < -0.39 is 0 Å². The van der Waals surface area contributed by atoms with Gasteiger partial charge < -0.3 is 18.0 Å². The molecular formula is C49H27N7O2. The Morgan fingerprint density at radius 2 is 1.07 bits per heavy atom. The van der Waals surface area contributed by atoms with Crippen LogP contribution in [0, 0.1) is 0 Å². The second kappa shape index (κ2) is 11.7. The molecule has 0 aliphatic rings. The molecule has 0 aliphatic carbocycles. The van der Waals surface area contributed by atoms with E-state index in [-0.39, 0.29) is 0 Å². The van der Waals surface area contributed by atoms with Crippen LogP contribution in [0.5, 0.6) is 0 Å². The number of furan rings is 2. The zero-order chi connectivity index (χ0) is 37.9. The third kappa shape index (κ3) is 4.32. The first kappa shape index (κ1) is 31.1. The zero-order valence-electron chi connectivity index (χ0n) is 30.5. The molecule has 0 unspecified atom stereocenters. The molecule has 58 heavy (non-hydrogen) atoms. The van der Waals surface area contributed by atoms with E-state index in [2.05, 4.69) is 120 Å². The van der Waals surface area contributed by atoms with E-state index in [1.165, 1.54) is 0 Å². The molecule has 0 saturated carbocycles. The number of benzene rings is 4. The molecule has 0 fully saturated rings.